The maximum atomic E-state index is 11.4. The van der Waals surface area contributed by atoms with E-state index in [0.29, 0.717) is 31.4 Å². The molecule has 1 aromatic heterocycles. The fraction of sp³-hybridized carbons (Fsp3) is 0.789. The van der Waals surface area contributed by atoms with E-state index in [1.807, 2.05) is 11.0 Å². The van der Waals surface area contributed by atoms with Gasteiger partial charge in [0.25, 0.3) is 0 Å². The van der Waals surface area contributed by atoms with Gasteiger partial charge in [0.2, 0.25) is 5.91 Å². The Hall–Kier alpha value is -1.48. The lowest BCUT2D eigenvalue weighted by Gasteiger charge is -2.36. The van der Waals surface area contributed by atoms with Gasteiger partial charge in [-0.15, -0.1) is 0 Å². The number of methoxy groups -OCH3 is 1. The fourth-order valence-corrected chi connectivity index (χ4v) is 3.86. The Bertz CT molecular complexity index is 600. The van der Waals surface area contributed by atoms with E-state index in [1.54, 1.807) is 14.0 Å². The lowest BCUT2D eigenvalue weighted by Crippen LogP contribution is -2.50. The van der Waals surface area contributed by atoms with Crippen molar-refractivity contribution in [1.29, 1.82) is 0 Å². The van der Waals surface area contributed by atoms with Gasteiger partial charge >= 0.3 is 0 Å². The van der Waals surface area contributed by atoms with Gasteiger partial charge in [-0.3, -0.25) is 4.79 Å². The lowest BCUT2D eigenvalue weighted by atomic mass is 9.97. The summed E-state index contributed by atoms with van der Waals surface area (Å²) in [6, 6.07) is 2.26. The number of likely N-dealkylation sites (tertiary alicyclic amines) is 1. The number of aliphatic hydroxyl groups excluding tert-OH is 1. The van der Waals surface area contributed by atoms with Crippen LogP contribution in [-0.4, -0.2) is 72.2 Å². The summed E-state index contributed by atoms with van der Waals surface area (Å²) in [5.74, 6) is 0.849. The molecule has 1 aromatic rings. The molecule has 1 amide bonds. The number of nitrogens with one attached hydrogen (secondary N) is 1. The number of carbonyl (C=O) groups is 1. The summed E-state index contributed by atoms with van der Waals surface area (Å²) in [5.41, 5.74) is 0.853. The largest absolute Gasteiger partial charge is 0.390 e. The Morgan fingerprint density at radius 2 is 2.15 bits per heavy atom. The summed E-state index contributed by atoms with van der Waals surface area (Å²) in [4.78, 5) is 13.3. The first-order valence-corrected chi connectivity index (χ1v) is 9.81. The van der Waals surface area contributed by atoms with Crippen LogP contribution in [-0.2, 0) is 27.3 Å². The highest BCUT2D eigenvalue weighted by atomic mass is 16.5. The van der Waals surface area contributed by atoms with Gasteiger partial charge in [-0.2, -0.15) is 0 Å². The smallest absolute Gasteiger partial charge is 0.219 e. The van der Waals surface area contributed by atoms with Crippen LogP contribution in [0.4, 0.5) is 0 Å². The number of piperidine rings is 1. The molecular weight excluding hydrogens is 350 g/mol. The molecule has 3 unspecified atom stereocenters. The van der Waals surface area contributed by atoms with Gasteiger partial charge < -0.3 is 29.3 Å². The van der Waals surface area contributed by atoms with Crippen molar-refractivity contribution in [3.05, 3.63) is 17.5 Å². The SMILES string of the molecule is COCc1cc(CC2CCC(O)C(CNC3CCN(C(C)=O)CC3)O2)no1. The van der Waals surface area contributed by atoms with Crippen molar-refractivity contribution < 1.29 is 23.9 Å². The minimum Gasteiger partial charge on any atom is -0.390 e. The van der Waals surface area contributed by atoms with Crippen molar-refractivity contribution in [2.45, 2.75) is 70.0 Å². The van der Waals surface area contributed by atoms with E-state index in [4.69, 9.17) is 14.0 Å². The molecule has 0 bridgehead atoms. The quantitative estimate of drug-likeness (QED) is 0.723. The van der Waals surface area contributed by atoms with Crippen LogP contribution in [0.3, 0.4) is 0 Å². The summed E-state index contributed by atoms with van der Waals surface area (Å²) in [6.45, 7) is 4.23. The second-order valence-corrected chi connectivity index (χ2v) is 7.55. The summed E-state index contributed by atoms with van der Waals surface area (Å²) in [7, 11) is 1.62. The second-order valence-electron chi connectivity index (χ2n) is 7.55. The molecule has 2 saturated heterocycles. The molecule has 0 radical (unpaired) electrons. The molecule has 0 aliphatic carbocycles. The highest BCUT2D eigenvalue weighted by Crippen LogP contribution is 2.23. The maximum absolute atomic E-state index is 11.4. The van der Waals surface area contributed by atoms with Crippen molar-refractivity contribution in [3.63, 3.8) is 0 Å². The van der Waals surface area contributed by atoms with Crippen LogP contribution < -0.4 is 5.32 Å². The third-order valence-electron chi connectivity index (χ3n) is 5.46. The number of hydrogen-bond donors (Lipinski definition) is 2. The summed E-state index contributed by atoms with van der Waals surface area (Å²) < 4.78 is 16.4. The van der Waals surface area contributed by atoms with Crippen molar-refractivity contribution in [1.82, 2.24) is 15.4 Å². The number of hydrogen-bond acceptors (Lipinski definition) is 7. The third-order valence-corrected chi connectivity index (χ3v) is 5.46. The molecule has 0 spiro atoms. The van der Waals surface area contributed by atoms with Crippen molar-refractivity contribution in [2.24, 2.45) is 0 Å². The minimum absolute atomic E-state index is 0.0280. The van der Waals surface area contributed by atoms with E-state index in [1.165, 1.54) is 0 Å². The summed E-state index contributed by atoms with van der Waals surface area (Å²) in [6.07, 6.45) is 3.43. The summed E-state index contributed by atoms with van der Waals surface area (Å²) >= 11 is 0. The molecule has 3 heterocycles. The number of aliphatic hydroxyl groups is 1. The van der Waals surface area contributed by atoms with Gasteiger partial charge in [0, 0.05) is 52.2 Å². The number of rotatable bonds is 7. The Morgan fingerprint density at radius 1 is 1.37 bits per heavy atom. The van der Waals surface area contributed by atoms with Gasteiger partial charge in [-0.1, -0.05) is 5.16 Å². The van der Waals surface area contributed by atoms with Crippen molar-refractivity contribution in [2.75, 3.05) is 26.7 Å². The molecular formula is C19H31N3O5. The van der Waals surface area contributed by atoms with E-state index < -0.39 is 6.10 Å². The number of amides is 1. The van der Waals surface area contributed by atoms with Gasteiger partial charge in [-0.05, 0) is 25.7 Å². The van der Waals surface area contributed by atoms with Crippen LogP contribution in [0.25, 0.3) is 0 Å². The molecule has 0 aromatic carbocycles. The van der Waals surface area contributed by atoms with Crippen LogP contribution in [0.5, 0.6) is 0 Å². The second kappa shape index (κ2) is 9.64. The molecule has 0 saturated carbocycles. The molecule has 2 fully saturated rings. The van der Waals surface area contributed by atoms with Crippen LogP contribution in [0.15, 0.2) is 10.6 Å². The van der Waals surface area contributed by atoms with Gasteiger partial charge in [0.1, 0.15) is 6.61 Å². The zero-order valence-electron chi connectivity index (χ0n) is 16.2. The molecule has 27 heavy (non-hydrogen) atoms. The molecule has 3 rings (SSSR count). The molecule has 3 atom stereocenters. The van der Waals surface area contributed by atoms with E-state index in [0.717, 1.165) is 44.5 Å². The zero-order chi connectivity index (χ0) is 19.2. The highest BCUT2D eigenvalue weighted by molar-refractivity contribution is 5.73. The maximum Gasteiger partial charge on any atom is 0.219 e. The van der Waals surface area contributed by atoms with E-state index in [-0.39, 0.29) is 18.1 Å². The zero-order valence-corrected chi connectivity index (χ0v) is 16.2. The first-order chi connectivity index (χ1) is 13.0. The average molecular weight is 381 g/mol. The number of aromatic nitrogens is 1. The molecule has 2 N–H and O–H groups in total. The summed E-state index contributed by atoms with van der Waals surface area (Å²) in [5, 5.41) is 17.9. The Kier molecular flexibility index (Phi) is 7.23. The molecule has 152 valence electrons. The molecule has 8 nitrogen and oxygen atoms in total. The monoisotopic (exact) mass is 381 g/mol. The topological polar surface area (TPSA) is 97.1 Å². The van der Waals surface area contributed by atoms with Crippen LogP contribution in [0.2, 0.25) is 0 Å². The van der Waals surface area contributed by atoms with Crippen LogP contribution in [0.1, 0.15) is 44.1 Å². The minimum atomic E-state index is -0.451. The molecule has 2 aliphatic rings. The third kappa shape index (κ3) is 5.75. The van der Waals surface area contributed by atoms with Crippen LogP contribution >= 0.6 is 0 Å². The first-order valence-electron chi connectivity index (χ1n) is 9.81. The number of ether oxygens (including phenoxy) is 2. The first kappa shape index (κ1) is 20.3. The van der Waals surface area contributed by atoms with Crippen molar-refractivity contribution in [3.8, 4) is 0 Å². The van der Waals surface area contributed by atoms with E-state index in [2.05, 4.69) is 10.5 Å². The predicted octanol–water partition coefficient (Wildman–Crippen LogP) is 0.873. The van der Waals surface area contributed by atoms with Gasteiger partial charge in [0.15, 0.2) is 5.76 Å². The number of nitrogens with zero attached hydrogens (tertiary/aromatic N) is 2. The Morgan fingerprint density at radius 3 is 2.85 bits per heavy atom. The Labute approximate surface area is 160 Å². The number of carbonyl (C=O) groups excluding carboxylic acids is 1. The van der Waals surface area contributed by atoms with Crippen LogP contribution in [0, 0.1) is 0 Å². The standard InChI is InChI=1S/C19H31N3O5/c1-13(23)22-7-5-14(6-8-22)20-11-19-18(24)4-3-16(26-19)9-15-10-17(12-25-2)27-21-15/h10,14,16,18-20,24H,3-9,11-12H2,1-2H3. The predicted molar refractivity (Wildman–Crippen MR) is 98.1 cm³/mol. The van der Waals surface area contributed by atoms with E-state index in [9.17, 15) is 9.90 Å². The Balaban J connectivity index is 1.43. The molecule has 2 aliphatic heterocycles. The average Bonchev–Trinajstić information content (AvgIpc) is 3.10. The highest BCUT2D eigenvalue weighted by Gasteiger charge is 2.31. The molecule has 8 heteroatoms. The van der Waals surface area contributed by atoms with E-state index >= 15 is 0 Å². The van der Waals surface area contributed by atoms with Crippen molar-refractivity contribution >= 4 is 5.91 Å². The van der Waals surface area contributed by atoms with Gasteiger partial charge in [-0.25, -0.2) is 0 Å². The normalized spacial score (nSPS) is 27.1. The van der Waals surface area contributed by atoms with Gasteiger partial charge in [0.05, 0.1) is 24.0 Å². The lowest BCUT2D eigenvalue weighted by molar-refractivity contribution is -0.130. The fourth-order valence-electron chi connectivity index (χ4n) is 3.86.